The lowest BCUT2D eigenvalue weighted by Crippen LogP contribution is -2.14. The summed E-state index contributed by atoms with van der Waals surface area (Å²) in [5.41, 5.74) is -0.547. The minimum Gasteiger partial charge on any atom is -0.508 e. The molecule has 0 heterocycles. The zero-order valence-electron chi connectivity index (χ0n) is 10.4. The number of carbonyl (C=O) groups is 1. The molecule has 0 fully saturated rings. The van der Waals surface area contributed by atoms with Crippen LogP contribution in [0.2, 0.25) is 0 Å². The fourth-order valence-electron chi connectivity index (χ4n) is 1.68. The number of hydrogen-bond donors (Lipinski definition) is 3. The first-order chi connectivity index (χ1) is 9.79. The van der Waals surface area contributed by atoms with Crippen LogP contribution < -0.4 is 5.32 Å². The molecule has 6 nitrogen and oxygen atoms in total. The molecule has 0 bridgehead atoms. The molecule has 0 spiro atoms. The third-order valence-corrected chi connectivity index (χ3v) is 3.50. The van der Waals surface area contributed by atoms with Crippen molar-refractivity contribution in [2.75, 3.05) is 5.32 Å². The molecule has 2 aromatic rings. The van der Waals surface area contributed by atoms with E-state index in [0.717, 1.165) is 18.2 Å². The Balaban J connectivity index is 2.39. The van der Waals surface area contributed by atoms with Crippen molar-refractivity contribution in [2.24, 2.45) is 0 Å². The lowest BCUT2D eigenvalue weighted by Gasteiger charge is -2.09. The molecular formula is C13H10FNO5S. The minimum atomic E-state index is -5.01. The normalized spacial score (nSPS) is 11.1. The summed E-state index contributed by atoms with van der Waals surface area (Å²) in [5, 5.41) is 21.0. The molecule has 2 aromatic carbocycles. The predicted octanol–water partition coefficient (Wildman–Crippen LogP) is 2.01. The Morgan fingerprint density at radius 1 is 1.10 bits per heavy atom. The van der Waals surface area contributed by atoms with Gasteiger partial charge in [-0.1, -0.05) is 12.1 Å². The average Bonchev–Trinajstić information content (AvgIpc) is 2.41. The van der Waals surface area contributed by atoms with Crippen LogP contribution >= 0.6 is 0 Å². The van der Waals surface area contributed by atoms with Gasteiger partial charge in [-0.15, -0.1) is 3.89 Å². The number of hydrogen-bond acceptors (Lipinski definition) is 5. The van der Waals surface area contributed by atoms with Crippen molar-refractivity contribution >= 4 is 21.8 Å². The van der Waals surface area contributed by atoms with Crippen molar-refractivity contribution < 1.29 is 27.3 Å². The van der Waals surface area contributed by atoms with Crippen LogP contribution in [0.4, 0.5) is 9.57 Å². The number of phenols is 2. The summed E-state index contributed by atoms with van der Waals surface area (Å²) in [5.74, 6) is -1.56. The SMILES string of the molecule is O=C(Nc1ccccc1S(=O)(=O)F)c1cc(O)ccc1O. The molecule has 3 N–H and O–H groups in total. The highest BCUT2D eigenvalue weighted by Gasteiger charge is 2.20. The first-order valence-corrected chi connectivity index (χ1v) is 7.04. The number of anilines is 1. The smallest absolute Gasteiger partial charge is 0.334 e. The number of aromatic hydroxyl groups is 2. The van der Waals surface area contributed by atoms with Gasteiger partial charge in [-0.3, -0.25) is 4.79 Å². The molecule has 0 aromatic heterocycles. The largest absolute Gasteiger partial charge is 0.508 e. The van der Waals surface area contributed by atoms with Crippen molar-refractivity contribution in [2.45, 2.75) is 4.90 Å². The number of rotatable bonds is 3. The van der Waals surface area contributed by atoms with Gasteiger partial charge >= 0.3 is 10.2 Å². The summed E-state index contributed by atoms with van der Waals surface area (Å²) < 4.78 is 35.1. The van der Waals surface area contributed by atoms with E-state index in [1.165, 1.54) is 24.3 Å². The van der Waals surface area contributed by atoms with Crippen LogP contribution in [0, 0.1) is 0 Å². The summed E-state index contributed by atoms with van der Waals surface area (Å²) in [6, 6.07) is 8.17. The standard InChI is InChI=1S/C13H10FNO5S/c14-21(19,20)12-4-2-1-3-10(12)15-13(18)9-7-8(16)5-6-11(9)17/h1-7,16-17H,(H,15,18). The summed E-state index contributed by atoms with van der Waals surface area (Å²) in [6.45, 7) is 0. The number of amides is 1. The second-order valence-electron chi connectivity index (χ2n) is 4.09. The fraction of sp³-hybridized carbons (Fsp3) is 0. The van der Waals surface area contributed by atoms with Crippen molar-refractivity contribution in [3.05, 3.63) is 48.0 Å². The topological polar surface area (TPSA) is 104 Å². The molecule has 0 atom stereocenters. The van der Waals surface area contributed by atoms with Gasteiger partial charge in [0.2, 0.25) is 0 Å². The van der Waals surface area contributed by atoms with Crippen LogP contribution in [0.1, 0.15) is 10.4 Å². The highest BCUT2D eigenvalue weighted by atomic mass is 32.3. The van der Waals surface area contributed by atoms with Crippen LogP contribution in [-0.2, 0) is 10.2 Å². The van der Waals surface area contributed by atoms with E-state index < -0.39 is 26.8 Å². The van der Waals surface area contributed by atoms with E-state index in [-0.39, 0.29) is 17.0 Å². The lowest BCUT2D eigenvalue weighted by atomic mass is 10.1. The summed E-state index contributed by atoms with van der Waals surface area (Å²) >= 11 is 0. The highest BCUT2D eigenvalue weighted by molar-refractivity contribution is 7.86. The fourth-order valence-corrected chi connectivity index (χ4v) is 2.30. The Bertz CT molecular complexity index is 804. The van der Waals surface area contributed by atoms with Crippen LogP contribution in [0.5, 0.6) is 11.5 Å². The first kappa shape index (κ1) is 14.8. The van der Waals surface area contributed by atoms with E-state index in [9.17, 15) is 27.3 Å². The molecule has 0 aliphatic rings. The van der Waals surface area contributed by atoms with Crippen molar-refractivity contribution in [3.8, 4) is 11.5 Å². The van der Waals surface area contributed by atoms with Gasteiger partial charge in [-0.25, -0.2) is 0 Å². The number of halogens is 1. The summed E-state index contributed by atoms with van der Waals surface area (Å²) in [7, 11) is -5.01. The molecule has 21 heavy (non-hydrogen) atoms. The number of benzene rings is 2. The second kappa shape index (κ2) is 5.41. The molecule has 1 amide bonds. The van der Waals surface area contributed by atoms with E-state index in [4.69, 9.17) is 0 Å². The quantitative estimate of drug-likeness (QED) is 0.594. The average molecular weight is 311 g/mol. The Labute approximate surface area is 119 Å². The van der Waals surface area contributed by atoms with Gasteiger partial charge in [0, 0.05) is 0 Å². The van der Waals surface area contributed by atoms with Crippen LogP contribution in [0.15, 0.2) is 47.4 Å². The number of carbonyl (C=O) groups excluding carboxylic acids is 1. The molecule has 0 saturated heterocycles. The van der Waals surface area contributed by atoms with Crippen LogP contribution in [0.3, 0.4) is 0 Å². The second-order valence-corrected chi connectivity index (χ2v) is 5.41. The van der Waals surface area contributed by atoms with Crippen LogP contribution in [0.25, 0.3) is 0 Å². The molecular weight excluding hydrogens is 301 g/mol. The van der Waals surface area contributed by atoms with Gasteiger partial charge in [0.05, 0.1) is 11.3 Å². The molecule has 2 rings (SSSR count). The summed E-state index contributed by atoms with van der Waals surface area (Å²) in [4.78, 5) is 11.3. The maximum Gasteiger partial charge on any atom is 0.334 e. The van der Waals surface area contributed by atoms with E-state index >= 15 is 0 Å². The van der Waals surface area contributed by atoms with Gasteiger partial charge < -0.3 is 15.5 Å². The molecule has 0 aliphatic heterocycles. The molecule has 0 saturated carbocycles. The third kappa shape index (κ3) is 3.29. The van der Waals surface area contributed by atoms with E-state index in [1.807, 2.05) is 0 Å². The van der Waals surface area contributed by atoms with Crippen molar-refractivity contribution in [3.63, 3.8) is 0 Å². The molecule has 0 unspecified atom stereocenters. The zero-order chi connectivity index (χ0) is 15.6. The van der Waals surface area contributed by atoms with E-state index in [2.05, 4.69) is 5.32 Å². The van der Waals surface area contributed by atoms with Gasteiger partial charge in [-0.05, 0) is 30.3 Å². The zero-order valence-corrected chi connectivity index (χ0v) is 11.3. The Hall–Kier alpha value is -2.61. The third-order valence-electron chi connectivity index (χ3n) is 2.62. The predicted molar refractivity (Wildman–Crippen MR) is 72.5 cm³/mol. The van der Waals surface area contributed by atoms with E-state index in [0.29, 0.717) is 0 Å². The number of para-hydroxylation sites is 1. The summed E-state index contributed by atoms with van der Waals surface area (Å²) in [6.07, 6.45) is 0. The van der Waals surface area contributed by atoms with Crippen molar-refractivity contribution in [1.82, 2.24) is 0 Å². The molecule has 110 valence electrons. The monoisotopic (exact) mass is 311 g/mol. The van der Waals surface area contributed by atoms with Crippen LogP contribution in [-0.4, -0.2) is 24.5 Å². The van der Waals surface area contributed by atoms with Crippen molar-refractivity contribution in [1.29, 1.82) is 0 Å². The Morgan fingerprint density at radius 3 is 2.43 bits per heavy atom. The minimum absolute atomic E-state index is 0.260. The first-order valence-electron chi connectivity index (χ1n) is 5.66. The van der Waals surface area contributed by atoms with Gasteiger partial charge in [-0.2, -0.15) is 8.42 Å². The Morgan fingerprint density at radius 2 is 1.76 bits per heavy atom. The molecule has 0 radical (unpaired) electrons. The van der Waals surface area contributed by atoms with Gasteiger partial charge in [0.1, 0.15) is 16.4 Å². The Kier molecular flexibility index (Phi) is 3.81. The number of phenolic OH excluding ortho intramolecular Hbond substituents is 2. The maximum atomic E-state index is 13.1. The lowest BCUT2D eigenvalue weighted by molar-refractivity contribution is 0.102. The highest BCUT2D eigenvalue weighted by Crippen LogP contribution is 2.26. The molecule has 0 aliphatic carbocycles. The van der Waals surface area contributed by atoms with E-state index in [1.54, 1.807) is 0 Å². The molecule has 8 heteroatoms. The maximum absolute atomic E-state index is 13.1. The van der Waals surface area contributed by atoms with Gasteiger partial charge in [0.15, 0.2) is 0 Å². The number of nitrogens with one attached hydrogen (secondary N) is 1. The van der Waals surface area contributed by atoms with Gasteiger partial charge in [0.25, 0.3) is 5.91 Å².